The van der Waals surface area contributed by atoms with Crippen molar-refractivity contribution in [1.29, 1.82) is 0 Å². The Morgan fingerprint density at radius 3 is 2.55 bits per heavy atom. The van der Waals surface area contributed by atoms with Crippen LogP contribution in [0.25, 0.3) is 10.9 Å². The van der Waals surface area contributed by atoms with Crippen LogP contribution < -0.4 is 4.74 Å². The number of hydrazone groups is 1. The molecule has 2 aromatic carbocycles. The van der Waals surface area contributed by atoms with Crippen molar-refractivity contribution in [3.63, 3.8) is 0 Å². The summed E-state index contributed by atoms with van der Waals surface area (Å²) in [5, 5.41) is 7.19. The number of methoxy groups -OCH3 is 1. The molecule has 1 aliphatic heterocycles. The number of nitrogens with zero attached hydrogens (tertiary/aromatic N) is 3. The van der Waals surface area contributed by atoms with Crippen LogP contribution in [-0.2, 0) is 11.2 Å². The van der Waals surface area contributed by atoms with E-state index < -0.39 is 0 Å². The summed E-state index contributed by atoms with van der Waals surface area (Å²) in [7, 11) is 3.26. The van der Waals surface area contributed by atoms with Gasteiger partial charge in [0, 0.05) is 35.1 Å². The van der Waals surface area contributed by atoms with Crippen LogP contribution in [0.1, 0.15) is 28.0 Å². The predicted octanol–water partition coefficient (Wildman–Crippen LogP) is 4.06. The van der Waals surface area contributed by atoms with Crippen molar-refractivity contribution < 1.29 is 14.3 Å². The molecule has 0 radical (unpaired) electrons. The monoisotopic (exact) mass is 409 g/mol. The van der Waals surface area contributed by atoms with Gasteiger partial charge < -0.3 is 4.74 Å². The van der Waals surface area contributed by atoms with Crippen molar-refractivity contribution in [3.05, 3.63) is 64.3 Å². The molecular formula is C22H20ClN3O3. The van der Waals surface area contributed by atoms with Gasteiger partial charge in [0.25, 0.3) is 5.91 Å². The molecule has 4 rings (SSSR count). The fourth-order valence-electron chi connectivity index (χ4n) is 3.69. The fraction of sp³-hybridized carbons (Fsp3) is 0.227. The second-order valence-electron chi connectivity index (χ2n) is 7.03. The van der Waals surface area contributed by atoms with Gasteiger partial charge in [-0.05, 0) is 55.0 Å². The predicted molar refractivity (Wildman–Crippen MR) is 113 cm³/mol. The smallest absolute Gasteiger partial charge is 0.262 e. The largest absolute Gasteiger partial charge is 0.497 e. The molecule has 29 heavy (non-hydrogen) atoms. The van der Waals surface area contributed by atoms with E-state index in [0.29, 0.717) is 22.8 Å². The van der Waals surface area contributed by atoms with Gasteiger partial charge in [-0.15, -0.1) is 0 Å². The minimum atomic E-state index is -0.137. The molecule has 1 aromatic heterocycles. The third-order valence-electron chi connectivity index (χ3n) is 5.22. The molecule has 0 N–H and O–H groups in total. The molecule has 0 bridgehead atoms. The summed E-state index contributed by atoms with van der Waals surface area (Å²) in [5.41, 5.74) is 3.89. The van der Waals surface area contributed by atoms with Crippen LogP contribution in [-0.4, -0.2) is 41.3 Å². The van der Waals surface area contributed by atoms with Gasteiger partial charge in [0.15, 0.2) is 0 Å². The summed E-state index contributed by atoms with van der Waals surface area (Å²) < 4.78 is 7.09. The van der Waals surface area contributed by atoms with E-state index in [1.54, 1.807) is 43.0 Å². The van der Waals surface area contributed by atoms with Crippen molar-refractivity contribution in [3.8, 4) is 5.75 Å². The SMILES string of the molecule is COc1ccc2c(c1)c(CC1=NN(C)C(=O)C1)c(C)n2C(=O)c1ccc(Cl)cc1. The van der Waals surface area contributed by atoms with Crippen molar-refractivity contribution in [2.45, 2.75) is 19.8 Å². The molecule has 0 atom stereocenters. The van der Waals surface area contributed by atoms with Gasteiger partial charge in [-0.3, -0.25) is 14.2 Å². The Balaban J connectivity index is 1.86. The summed E-state index contributed by atoms with van der Waals surface area (Å²) in [6.45, 7) is 1.91. The first-order valence-corrected chi connectivity index (χ1v) is 9.58. The van der Waals surface area contributed by atoms with Crippen molar-refractivity contribution in [2.75, 3.05) is 14.2 Å². The second kappa shape index (κ2) is 7.37. The highest BCUT2D eigenvalue weighted by Gasteiger charge is 2.25. The van der Waals surface area contributed by atoms with E-state index in [-0.39, 0.29) is 18.2 Å². The molecule has 1 amide bonds. The first-order chi connectivity index (χ1) is 13.9. The molecule has 1 aliphatic rings. The highest BCUT2D eigenvalue weighted by atomic mass is 35.5. The Bertz CT molecular complexity index is 1160. The standard InChI is InChI=1S/C22H20ClN3O3/c1-13-18(10-16-11-21(27)25(2)24-16)19-12-17(29-3)8-9-20(19)26(13)22(28)14-4-6-15(23)7-5-14/h4-9,12H,10-11H2,1-3H3. The molecule has 0 aliphatic carbocycles. The molecule has 0 spiro atoms. The number of ether oxygens (including phenoxy) is 1. The number of rotatable bonds is 4. The number of hydrogen-bond acceptors (Lipinski definition) is 4. The molecule has 7 heteroatoms. The molecule has 0 saturated carbocycles. The molecule has 3 aromatic rings. The second-order valence-corrected chi connectivity index (χ2v) is 7.47. The highest BCUT2D eigenvalue weighted by Crippen LogP contribution is 2.31. The third-order valence-corrected chi connectivity index (χ3v) is 5.48. The topological polar surface area (TPSA) is 63.9 Å². The summed E-state index contributed by atoms with van der Waals surface area (Å²) in [6.07, 6.45) is 0.782. The van der Waals surface area contributed by atoms with Crippen LogP contribution in [0.3, 0.4) is 0 Å². The lowest BCUT2D eigenvalue weighted by Gasteiger charge is -2.08. The lowest BCUT2D eigenvalue weighted by molar-refractivity contribution is -0.127. The molecule has 0 unspecified atom stereocenters. The minimum absolute atomic E-state index is 0.0313. The lowest BCUT2D eigenvalue weighted by Crippen LogP contribution is -2.14. The van der Waals surface area contributed by atoms with Gasteiger partial charge in [0.2, 0.25) is 5.91 Å². The van der Waals surface area contributed by atoms with Gasteiger partial charge in [0.1, 0.15) is 5.75 Å². The average molecular weight is 410 g/mol. The summed E-state index contributed by atoms with van der Waals surface area (Å²) in [4.78, 5) is 25.2. The van der Waals surface area contributed by atoms with Gasteiger partial charge in [-0.25, -0.2) is 5.01 Å². The van der Waals surface area contributed by atoms with Gasteiger partial charge in [-0.2, -0.15) is 5.10 Å². The highest BCUT2D eigenvalue weighted by molar-refractivity contribution is 6.30. The average Bonchev–Trinajstić information content (AvgIpc) is 3.17. The quantitative estimate of drug-likeness (QED) is 0.652. The number of amides is 1. The maximum Gasteiger partial charge on any atom is 0.262 e. The van der Waals surface area contributed by atoms with Crippen LogP contribution in [0.5, 0.6) is 5.75 Å². The van der Waals surface area contributed by atoms with E-state index >= 15 is 0 Å². The van der Waals surface area contributed by atoms with Crippen molar-refractivity contribution in [1.82, 2.24) is 9.58 Å². The lowest BCUT2D eigenvalue weighted by atomic mass is 10.0. The van der Waals surface area contributed by atoms with Crippen LogP contribution in [0, 0.1) is 6.92 Å². The van der Waals surface area contributed by atoms with Gasteiger partial charge in [-0.1, -0.05) is 11.6 Å². The van der Waals surface area contributed by atoms with E-state index in [1.165, 1.54) is 5.01 Å². The molecular weight excluding hydrogens is 390 g/mol. The number of benzene rings is 2. The number of aromatic nitrogens is 1. The van der Waals surface area contributed by atoms with Crippen LogP contribution in [0.2, 0.25) is 5.02 Å². The first kappa shape index (κ1) is 19.2. The van der Waals surface area contributed by atoms with E-state index in [4.69, 9.17) is 16.3 Å². The maximum atomic E-state index is 13.3. The van der Waals surface area contributed by atoms with E-state index in [0.717, 1.165) is 27.9 Å². The van der Waals surface area contributed by atoms with Crippen molar-refractivity contribution in [2.24, 2.45) is 5.10 Å². The number of carbonyl (C=O) groups excluding carboxylic acids is 2. The number of carbonyl (C=O) groups is 2. The number of fused-ring (bicyclic) bond motifs is 1. The van der Waals surface area contributed by atoms with Crippen LogP contribution >= 0.6 is 11.6 Å². The summed E-state index contributed by atoms with van der Waals surface area (Å²) in [5.74, 6) is 0.537. The van der Waals surface area contributed by atoms with Gasteiger partial charge in [0.05, 0.1) is 24.8 Å². The van der Waals surface area contributed by atoms with Crippen LogP contribution in [0.15, 0.2) is 47.6 Å². The van der Waals surface area contributed by atoms with Crippen molar-refractivity contribution >= 4 is 40.0 Å². The minimum Gasteiger partial charge on any atom is -0.497 e. The zero-order valence-corrected chi connectivity index (χ0v) is 17.2. The Hall–Kier alpha value is -3.12. The molecule has 0 saturated heterocycles. The molecule has 6 nitrogen and oxygen atoms in total. The Labute approximate surface area is 173 Å². The fourth-order valence-corrected chi connectivity index (χ4v) is 3.82. The maximum absolute atomic E-state index is 13.3. The Morgan fingerprint density at radius 2 is 1.93 bits per heavy atom. The number of hydrogen-bond donors (Lipinski definition) is 0. The number of halogens is 1. The van der Waals surface area contributed by atoms with E-state index in [2.05, 4.69) is 5.10 Å². The van der Waals surface area contributed by atoms with E-state index in [1.807, 2.05) is 25.1 Å². The Morgan fingerprint density at radius 1 is 1.21 bits per heavy atom. The molecule has 0 fully saturated rings. The molecule has 148 valence electrons. The first-order valence-electron chi connectivity index (χ1n) is 9.20. The third kappa shape index (κ3) is 3.40. The zero-order valence-electron chi connectivity index (χ0n) is 16.4. The zero-order chi connectivity index (χ0) is 20.7. The normalized spacial score (nSPS) is 13.9. The Kier molecular flexibility index (Phi) is 4.88. The van der Waals surface area contributed by atoms with E-state index in [9.17, 15) is 9.59 Å². The molecule has 2 heterocycles. The van der Waals surface area contributed by atoms with Crippen LogP contribution in [0.4, 0.5) is 0 Å². The summed E-state index contributed by atoms with van der Waals surface area (Å²) in [6, 6.07) is 12.5. The summed E-state index contributed by atoms with van der Waals surface area (Å²) >= 11 is 5.97. The van der Waals surface area contributed by atoms with Gasteiger partial charge >= 0.3 is 0 Å².